The Labute approximate surface area is 134 Å². The van der Waals surface area contributed by atoms with Crippen molar-refractivity contribution < 1.29 is 24.4 Å². The number of phenols is 1. The molecule has 0 unspecified atom stereocenters. The van der Waals surface area contributed by atoms with Gasteiger partial charge in [-0.15, -0.1) is 0 Å². The van der Waals surface area contributed by atoms with Gasteiger partial charge in [-0.05, 0) is 12.1 Å². The first-order chi connectivity index (χ1) is 11.2. The van der Waals surface area contributed by atoms with Crippen LogP contribution in [0.3, 0.4) is 0 Å². The monoisotopic (exact) mass is 320 g/mol. The van der Waals surface area contributed by atoms with Gasteiger partial charge in [-0.2, -0.15) is 0 Å². The molecule has 3 N–H and O–H groups in total. The highest BCUT2D eigenvalue weighted by atomic mass is 16.6. The second kappa shape index (κ2) is 7.43. The molecule has 2 aliphatic rings. The summed E-state index contributed by atoms with van der Waals surface area (Å²) in [4.78, 5) is 18.8. The van der Waals surface area contributed by atoms with Gasteiger partial charge in [-0.1, -0.05) is 17.3 Å². The summed E-state index contributed by atoms with van der Waals surface area (Å²) in [7, 11) is 0. The Morgan fingerprint density at radius 3 is 2.91 bits per heavy atom. The summed E-state index contributed by atoms with van der Waals surface area (Å²) < 4.78 is 5.31. The van der Waals surface area contributed by atoms with Gasteiger partial charge in [0.05, 0.1) is 32.0 Å². The van der Waals surface area contributed by atoms with Crippen LogP contribution in [0, 0.1) is 0 Å². The lowest BCUT2D eigenvalue weighted by Crippen LogP contribution is -3.14. The van der Waals surface area contributed by atoms with Gasteiger partial charge in [0.2, 0.25) is 6.10 Å². The molecule has 124 valence electrons. The van der Waals surface area contributed by atoms with E-state index in [1.54, 1.807) is 18.2 Å². The van der Waals surface area contributed by atoms with Crippen molar-refractivity contribution in [2.45, 2.75) is 12.5 Å². The van der Waals surface area contributed by atoms with Crippen molar-refractivity contribution in [1.29, 1.82) is 0 Å². The number of nitrogens with one attached hydrogen (secondary N) is 2. The Morgan fingerprint density at radius 2 is 2.13 bits per heavy atom. The van der Waals surface area contributed by atoms with Crippen LogP contribution in [0.4, 0.5) is 0 Å². The Kier molecular flexibility index (Phi) is 5.09. The van der Waals surface area contributed by atoms with E-state index in [9.17, 15) is 9.90 Å². The summed E-state index contributed by atoms with van der Waals surface area (Å²) in [5.74, 6) is -0.0151. The first-order valence-electron chi connectivity index (χ1n) is 7.94. The van der Waals surface area contributed by atoms with Gasteiger partial charge < -0.3 is 24.9 Å². The number of aromatic hydroxyl groups is 1. The third-order valence-corrected chi connectivity index (χ3v) is 4.15. The molecule has 1 fully saturated rings. The standard InChI is InChI=1S/C16H21N3O4/c20-14-4-2-1-3-12(14)13-11-15(23-18-13)16(21)17-5-6-19-7-9-22-10-8-19/h1-4,15,20H,5-11H2,(H,17,21)/p+1/t15-/m1/s1. The van der Waals surface area contributed by atoms with Crippen LogP contribution in [-0.4, -0.2) is 62.2 Å². The minimum Gasteiger partial charge on any atom is -0.507 e. The van der Waals surface area contributed by atoms with E-state index in [1.807, 2.05) is 6.07 Å². The molecule has 2 heterocycles. The molecule has 0 radical (unpaired) electrons. The number of rotatable bonds is 5. The van der Waals surface area contributed by atoms with Gasteiger partial charge in [-0.3, -0.25) is 4.79 Å². The number of amides is 1. The molecule has 0 aromatic heterocycles. The maximum atomic E-state index is 12.1. The number of oxime groups is 1. The lowest BCUT2D eigenvalue weighted by atomic mass is 10.0. The summed E-state index contributed by atoms with van der Waals surface area (Å²) in [5.41, 5.74) is 1.21. The number of carbonyl (C=O) groups is 1. The highest BCUT2D eigenvalue weighted by Crippen LogP contribution is 2.23. The first-order valence-corrected chi connectivity index (χ1v) is 7.94. The summed E-state index contributed by atoms with van der Waals surface area (Å²) in [6.07, 6.45) is -0.252. The first kappa shape index (κ1) is 15.8. The molecule has 1 saturated heterocycles. The third kappa shape index (κ3) is 4.00. The van der Waals surface area contributed by atoms with Crippen molar-refractivity contribution in [1.82, 2.24) is 5.32 Å². The molecule has 0 bridgehead atoms. The highest BCUT2D eigenvalue weighted by Gasteiger charge is 2.29. The zero-order valence-corrected chi connectivity index (χ0v) is 13.0. The quantitative estimate of drug-likeness (QED) is 0.644. The second-order valence-electron chi connectivity index (χ2n) is 5.76. The van der Waals surface area contributed by atoms with Gasteiger partial charge in [0.25, 0.3) is 5.91 Å². The van der Waals surface area contributed by atoms with Crippen LogP contribution in [0.1, 0.15) is 12.0 Å². The summed E-state index contributed by atoms with van der Waals surface area (Å²) >= 11 is 0. The number of ether oxygens (including phenoxy) is 1. The lowest BCUT2D eigenvalue weighted by Gasteiger charge is -2.23. The van der Waals surface area contributed by atoms with Crippen LogP contribution in [0.5, 0.6) is 5.75 Å². The summed E-state index contributed by atoms with van der Waals surface area (Å²) in [5, 5.41) is 16.7. The van der Waals surface area contributed by atoms with Crippen molar-refractivity contribution in [3.8, 4) is 5.75 Å². The Morgan fingerprint density at radius 1 is 1.35 bits per heavy atom. The maximum Gasteiger partial charge on any atom is 0.264 e. The molecule has 1 amide bonds. The lowest BCUT2D eigenvalue weighted by molar-refractivity contribution is -0.906. The fourth-order valence-electron chi connectivity index (χ4n) is 2.78. The minimum atomic E-state index is -0.621. The van der Waals surface area contributed by atoms with Gasteiger partial charge in [-0.25, -0.2) is 0 Å². The number of quaternary nitrogens is 1. The number of morpholine rings is 1. The molecule has 0 spiro atoms. The number of benzene rings is 1. The van der Waals surface area contributed by atoms with Crippen molar-refractivity contribution >= 4 is 11.6 Å². The molecule has 0 aliphatic carbocycles. The number of nitrogens with zero attached hydrogens (tertiary/aromatic N) is 1. The average molecular weight is 320 g/mol. The van der Waals surface area contributed by atoms with Crippen molar-refractivity contribution in [3.63, 3.8) is 0 Å². The zero-order chi connectivity index (χ0) is 16.1. The van der Waals surface area contributed by atoms with E-state index < -0.39 is 6.10 Å². The fraction of sp³-hybridized carbons (Fsp3) is 0.500. The summed E-state index contributed by atoms with van der Waals surface area (Å²) in [6, 6.07) is 6.92. The molecular formula is C16H22N3O4+. The smallest absolute Gasteiger partial charge is 0.264 e. The van der Waals surface area contributed by atoms with Gasteiger partial charge in [0.15, 0.2) is 0 Å². The second-order valence-corrected chi connectivity index (χ2v) is 5.76. The number of carbonyl (C=O) groups excluding carboxylic acids is 1. The van der Waals surface area contributed by atoms with Gasteiger partial charge in [0.1, 0.15) is 18.8 Å². The van der Waals surface area contributed by atoms with Crippen molar-refractivity contribution in [3.05, 3.63) is 29.8 Å². The van der Waals surface area contributed by atoms with Crippen molar-refractivity contribution in [2.24, 2.45) is 5.16 Å². The molecule has 7 heteroatoms. The highest BCUT2D eigenvalue weighted by molar-refractivity contribution is 6.05. The van der Waals surface area contributed by atoms with Crippen LogP contribution in [0.25, 0.3) is 0 Å². The van der Waals surface area contributed by atoms with Crippen molar-refractivity contribution in [2.75, 3.05) is 39.4 Å². The van der Waals surface area contributed by atoms with E-state index in [4.69, 9.17) is 9.57 Å². The number of para-hydroxylation sites is 1. The molecule has 0 saturated carbocycles. The van der Waals surface area contributed by atoms with Gasteiger partial charge >= 0.3 is 0 Å². The number of hydrogen-bond acceptors (Lipinski definition) is 5. The zero-order valence-electron chi connectivity index (χ0n) is 13.0. The largest absolute Gasteiger partial charge is 0.507 e. The topological polar surface area (TPSA) is 84.6 Å². The molecule has 7 nitrogen and oxygen atoms in total. The minimum absolute atomic E-state index is 0.145. The van der Waals surface area contributed by atoms with E-state index in [-0.39, 0.29) is 11.7 Å². The normalized spacial score (nSPS) is 21.6. The molecule has 2 aliphatic heterocycles. The maximum absolute atomic E-state index is 12.1. The van der Waals surface area contributed by atoms with Crippen LogP contribution in [0.2, 0.25) is 0 Å². The molecular weight excluding hydrogens is 298 g/mol. The van der Waals surface area contributed by atoms with Crippen LogP contribution < -0.4 is 10.2 Å². The number of hydrogen-bond donors (Lipinski definition) is 3. The molecule has 23 heavy (non-hydrogen) atoms. The van der Waals surface area contributed by atoms with E-state index in [2.05, 4.69) is 10.5 Å². The predicted octanol–water partition coefficient (Wildman–Crippen LogP) is -1.08. The van der Waals surface area contributed by atoms with E-state index in [0.29, 0.717) is 24.2 Å². The molecule has 1 aromatic carbocycles. The van der Waals surface area contributed by atoms with Crippen LogP contribution >= 0.6 is 0 Å². The van der Waals surface area contributed by atoms with Crippen LogP contribution in [0.15, 0.2) is 29.4 Å². The fourth-order valence-corrected chi connectivity index (χ4v) is 2.78. The Balaban J connectivity index is 1.44. The van der Waals surface area contributed by atoms with Gasteiger partial charge in [0, 0.05) is 12.0 Å². The van der Waals surface area contributed by atoms with Crippen LogP contribution in [-0.2, 0) is 14.4 Å². The molecule has 3 rings (SSSR count). The Bertz CT molecular complexity index is 584. The number of phenolic OH excluding ortho intramolecular Hbond substituents is 1. The summed E-state index contributed by atoms with van der Waals surface area (Å²) in [6.45, 7) is 5.03. The third-order valence-electron chi connectivity index (χ3n) is 4.15. The Hall–Kier alpha value is -2.12. The predicted molar refractivity (Wildman–Crippen MR) is 83.5 cm³/mol. The van der Waals surface area contributed by atoms with E-state index in [1.165, 1.54) is 4.90 Å². The SMILES string of the molecule is O=C(NCC[NH+]1CCOCC1)[C@H]1CC(c2ccccc2O)=NO1. The average Bonchev–Trinajstić information content (AvgIpc) is 3.06. The molecule has 1 atom stereocenters. The van der Waals surface area contributed by atoms with E-state index in [0.717, 1.165) is 32.8 Å². The van der Waals surface area contributed by atoms with E-state index >= 15 is 0 Å². The molecule has 1 aromatic rings.